The number of rotatable bonds is 4. The van der Waals surface area contributed by atoms with Crippen molar-refractivity contribution >= 4 is 5.71 Å². The fourth-order valence-electron chi connectivity index (χ4n) is 5.34. The number of fused-ring (bicyclic) bond motifs is 3. The molecule has 0 radical (unpaired) electrons. The highest BCUT2D eigenvalue weighted by molar-refractivity contribution is 5.99. The highest BCUT2D eigenvalue weighted by Crippen LogP contribution is 2.50. The third kappa shape index (κ3) is 10.2. The Morgan fingerprint density at radius 1 is 0.723 bits per heavy atom. The van der Waals surface area contributed by atoms with Gasteiger partial charge in [0.25, 0.3) is 0 Å². The highest BCUT2D eigenvalue weighted by atomic mass is 14.7. The molecular formula is C45H62N2. The van der Waals surface area contributed by atoms with Gasteiger partial charge in [0, 0.05) is 29.1 Å². The number of hydrogen-bond donors (Lipinski definition) is 0. The van der Waals surface area contributed by atoms with Crippen molar-refractivity contribution in [2.45, 2.75) is 114 Å². The van der Waals surface area contributed by atoms with E-state index in [2.05, 4.69) is 115 Å². The minimum absolute atomic E-state index is 0. The van der Waals surface area contributed by atoms with Gasteiger partial charge in [0.1, 0.15) is 0 Å². The van der Waals surface area contributed by atoms with Gasteiger partial charge in [0.2, 0.25) is 0 Å². The second kappa shape index (κ2) is 17.8. The number of nitrogens with zero attached hydrogens (tertiary/aromatic N) is 2. The number of benzene rings is 3. The van der Waals surface area contributed by atoms with E-state index in [1.165, 1.54) is 38.9 Å². The first-order valence-electron chi connectivity index (χ1n) is 16.9. The molecule has 2 nitrogen and oxygen atoms in total. The van der Waals surface area contributed by atoms with E-state index < -0.39 is 0 Å². The quantitative estimate of drug-likeness (QED) is 0.163. The largest absolute Gasteiger partial charge is 0.261 e. The van der Waals surface area contributed by atoms with E-state index in [0.29, 0.717) is 0 Å². The Hall–Kier alpha value is -4.04. The Bertz CT molecular complexity index is 1600. The summed E-state index contributed by atoms with van der Waals surface area (Å²) in [4.78, 5) is 9.03. The first kappa shape index (κ1) is 41.0. The summed E-state index contributed by atoms with van der Waals surface area (Å²) in [5, 5.41) is 0. The van der Waals surface area contributed by atoms with Gasteiger partial charge in [-0.2, -0.15) is 0 Å². The molecule has 0 atom stereocenters. The molecule has 0 saturated heterocycles. The molecule has 1 aromatic heterocycles. The highest BCUT2D eigenvalue weighted by Gasteiger charge is 2.36. The molecule has 1 aliphatic rings. The molecule has 47 heavy (non-hydrogen) atoms. The molecule has 1 heterocycles. The van der Waals surface area contributed by atoms with Gasteiger partial charge in [-0.25, -0.2) is 0 Å². The van der Waals surface area contributed by atoms with E-state index in [-0.39, 0.29) is 23.7 Å². The van der Waals surface area contributed by atoms with Crippen LogP contribution in [-0.2, 0) is 16.2 Å². The lowest BCUT2D eigenvalue weighted by Crippen LogP contribution is -2.17. The maximum absolute atomic E-state index is 4.78. The Morgan fingerprint density at radius 2 is 1.26 bits per heavy atom. The summed E-state index contributed by atoms with van der Waals surface area (Å²) in [6.07, 6.45) is 7.29. The average molecular weight is 631 g/mol. The van der Waals surface area contributed by atoms with E-state index in [1.807, 2.05) is 77.2 Å². The van der Waals surface area contributed by atoms with Gasteiger partial charge < -0.3 is 0 Å². The van der Waals surface area contributed by atoms with Gasteiger partial charge >= 0.3 is 0 Å². The van der Waals surface area contributed by atoms with Gasteiger partial charge in [-0.3, -0.25) is 9.98 Å². The van der Waals surface area contributed by atoms with Crippen LogP contribution in [0.4, 0.5) is 0 Å². The fourth-order valence-corrected chi connectivity index (χ4v) is 5.34. The Kier molecular flexibility index (Phi) is 15.5. The van der Waals surface area contributed by atoms with E-state index in [9.17, 15) is 0 Å². The van der Waals surface area contributed by atoms with E-state index >= 15 is 0 Å². The van der Waals surface area contributed by atoms with Crippen molar-refractivity contribution in [1.29, 1.82) is 0 Å². The maximum Gasteiger partial charge on any atom is 0.0702 e. The van der Waals surface area contributed by atoms with Gasteiger partial charge in [0.05, 0.1) is 5.69 Å². The Morgan fingerprint density at radius 3 is 1.77 bits per heavy atom. The third-order valence-electron chi connectivity index (χ3n) is 8.15. The second-order valence-corrected chi connectivity index (χ2v) is 13.7. The first-order chi connectivity index (χ1) is 21.7. The van der Waals surface area contributed by atoms with E-state index in [4.69, 9.17) is 4.98 Å². The lowest BCUT2D eigenvalue weighted by Gasteiger charge is -2.25. The lowest BCUT2D eigenvalue weighted by atomic mass is 9.78. The summed E-state index contributed by atoms with van der Waals surface area (Å²) in [6, 6.07) is 28.4. The lowest BCUT2D eigenvalue weighted by molar-refractivity contribution is 0.584. The summed E-state index contributed by atoms with van der Waals surface area (Å²) >= 11 is 0. The summed E-state index contributed by atoms with van der Waals surface area (Å²) in [6.45, 7) is 31.8. The number of aromatic nitrogens is 1. The Labute approximate surface area is 288 Å². The van der Waals surface area contributed by atoms with Crippen LogP contribution in [-0.4, -0.2) is 10.7 Å². The molecule has 1 aliphatic carbocycles. The minimum Gasteiger partial charge on any atom is -0.261 e. The van der Waals surface area contributed by atoms with E-state index in [1.54, 1.807) is 12.3 Å². The molecule has 0 aliphatic heterocycles. The third-order valence-corrected chi connectivity index (χ3v) is 8.15. The number of aliphatic imine (C=N–C) groups is 1. The summed E-state index contributed by atoms with van der Waals surface area (Å²) in [7, 11) is 0. The van der Waals surface area contributed by atoms with Crippen LogP contribution in [0.3, 0.4) is 0 Å². The zero-order chi connectivity index (χ0) is 34.7. The molecule has 252 valence electrons. The van der Waals surface area contributed by atoms with Crippen LogP contribution in [0.5, 0.6) is 0 Å². The van der Waals surface area contributed by atoms with E-state index in [0.717, 1.165) is 17.0 Å². The van der Waals surface area contributed by atoms with Crippen LogP contribution in [0.15, 0.2) is 115 Å². The van der Waals surface area contributed by atoms with Crippen molar-refractivity contribution in [3.63, 3.8) is 0 Å². The molecule has 0 amide bonds. The average Bonchev–Trinajstić information content (AvgIpc) is 3.28. The number of hydrogen-bond acceptors (Lipinski definition) is 2. The number of allylic oxidation sites excluding steroid dienone is 2. The second-order valence-electron chi connectivity index (χ2n) is 13.7. The van der Waals surface area contributed by atoms with Crippen LogP contribution in [0.1, 0.15) is 125 Å². The van der Waals surface area contributed by atoms with Crippen molar-refractivity contribution in [2.24, 2.45) is 4.99 Å². The van der Waals surface area contributed by atoms with Gasteiger partial charge in [-0.1, -0.05) is 170 Å². The van der Waals surface area contributed by atoms with Crippen LogP contribution >= 0.6 is 0 Å². The molecule has 0 saturated carbocycles. The van der Waals surface area contributed by atoms with Crippen molar-refractivity contribution < 1.29 is 0 Å². The van der Waals surface area contributed by atoms with Gasteiger partial charge in [-0.15, -0.1) is 0 Å². The first-order valence-corrected chi connectivity index (χ1v) is 16.9. The van der Waals surface area contributed by atoms with Gasteiger partial charge in [0.15, 0.2) is 0 Å². The topological polar surface area (TPSA) is 25.2 Å². The fraction of sp³-hybridized carbons (Fsp3) is 0.378. The van der Waals surface area contributed by atoms with Crippen LogP contribution < -0.4 is 0 Å². The standard InChI is InChI=1S/C28H33N.C12H13N.2C2H6.CH4/c1-26(2,3)19-10-13-22-21-12-9-18(15-23(21)28(7,8)24(22)16-19)25-14-11-20(17-29-25)27(4,5)6;1-3-4-10-13-11(2)12-8-6-5-7-9-12;2*1-2;/h9-17H,1-8H3;3-10H,1H2,2H3;2*1-2H3;1H4/b;10-4-,13-11?;;;. The molecular weight excluding hydrogens is 569 g/mol. The SMILES string of the molecule is C.C=C/C=C\N=C(C)c1ccccc1.CC.CC.CC(C)(C)c1ccc(-c2ccc3c(c2)C(C)(C)c2cc(C(C)(C)C)ccc2-3)nc1. The van der Waals surface area contributed by atoms with Crippen molar-refractivity contribution in [3.05, 3.63) is 138 Å². The monoisotopic (exact) mass is 630 g/mol. The molecule has 0 bridgehead atoms. The minimum atomic E-state index is -0.00666. The van der Waals surface area contributed by atoms with Crippen LogP contribution in [0.25, 0.3) is 22.4 Å². The smallest absolute Gasteiger partial charge is 0.0702 e. The van der Waals surface area contributed by atoms with Crippen molar-refractivity contribution in [3.8, 4) is 22.4 Å². The van der Waals surface area contributed by atoms with Crippen LogP contribution in [0, 0.1) is 0 Å². The zero-order valence-electron chi connectivity index (χ0n) is 30.9. The molecule has 0 unspecified atom stereocenters. The Balaban J connectivity index is 0.000000518. The van der Waals surface area contributed by atoms with Crippen molar-refractivity contribution in [1.82, 2.24) is 4.98 Å². The maximum atomic E-state index is 4.78. The molecule has 0 spiro atoms. The zero-order valence-corrected chi connectivity index (χ0v) is 30.9. The number of pyridine rings is 1. The molecule has 2 heteroatoms. The molecule has 0 N–H and O–H groups in total. The van der Waals surface area contributed by atoms with Crippen LogP contribution in [0.2, 0.25) is 0 Å². The normalized spacial score (nSPS) is 12.9. The molecule has 5 rings (SSSR count). The predicted octanol–water partition coefficient (Wildman–Crippen LogP) is 13.5. The summed E-state index contributed by atoms with van der Waals surface area (Å²) in [5.41, 5.74) is 12.9. The molecule has 4 aromatic rings. The summed E-state index contributed by atoms with van der Waals surface area (Å²) in [5.74, 6) is 0. The molecule has 0 fully saturated rings. The summed E-state index contributed by atoms with van der Waals surface area (Å²) < 4.78 is 0. The van der Waals surface area contributed by atoms with Gasteiger partial charge in [-0.05, 0) is 74.9 Å². The molecule has 3 aromatic carbocycles. The van der Waals surface area contributed by atoms with Crippen molar-refractivity contribution in [2.75, 3.05) is 0 Å². The predicted molar refractivity (Wildman–Crippen MR) is 212 cm³/mol.